The predicted octanol–water partition coefficient (Wildman–Crippen LogP) is 2.63. The highest BCUT2D eigenvalue weighted by Crippen LogP contribution is 2.39. The summed E-state index contributed by atoms with van der Waals surface area (Å²) in [4.78, 5) is 0. The van der Waals surface area contributed by atoms with Crippen LogP contribution in [-0.2, 0) is 0 Å². The summed E-state index contributed by atoms with van der Waals surface area (Å²) in [5.41, 5.74) is 0.846. The maximum atomic E-state index is 9.38. The average Bonchev–Trinajstić information content (AvgIpc) is 2.26. The fourth-order valence-electron chi connectivity index (χ4n) is 1.93. The molecule has 0 spiro atoms. The molecular formula is C12H14O3. The second-order valence-electron chi connectivity index (χ2n) is 3.87. The first-order chi connectivity index (χ1) is 7.18. The molecule has 1 aromatic carbocycles. The van der Waals surface area contributed by atoms with E-state index in [1.807, 2.05) is 0 Å². The van der Waals surface area contributed by atoms with E-state index in [-0.39, 0.29) is 17.4 Å². The Bertz CT molecular complexity index is 373. The molecule has 80 valence electrons. The summed E-state index contributed by atoms with van der Waals surface area (Å²) in [6.07, 6.45) is 7.40. The monoisotopic (exact) mass is 206 g/mol. The summed E-state index contributed by atoms with van der Waals surface area (Å²) in [5.74, 6) is -0.734. The summed E-state index contributed by atoms with van der Waals surface area (Å²) >= 11 is 0. The largest absolute Gasteiger partial charge is 0.504 e. The lowest BCUT2D eigenvalue weighted by atomic mass is 9.89. The number of rotatable bonds is 1. The van der Waals surface area contributed by atoms with Crippen molar-refractivity contribution in [3.63, 3.8) is 0 Å². The van der Waals surface area contributed by atoms with Crippen LogP contribution in [0.4, 0.5) is 0 Å². The highest BCUT2D eigenvalue weighted by atomic mass is 16.3. The molecule has 2 rings (SSSR count). The maximum Gasteiger partial charge on any atom is 0.200 e. The van der Waals surface area contributed by atoms with Gasteiger partial charge in [-0.2, -0.15) is 0 Å². The van der Waals surface area contributed by atoms with E-state index in [0.717, 1.165) is 24.8 Å². The van der Waals surface area contributed by atoms with Crippen molar-refractivity contribution >= 4 is 0 Å². The topological polar surface area (TPSA) is 60.7 Å². The van der Waals surface area contributed by atoms with E-state index in [0.29, 0.717) is 0 Å². The molecule has 15 heavy (non-hydrogen) atoms. The zero-order valence-corrected chi connectivity index (χ0v) is 8.35. The van der Waals surface area contributed by atoms with E-state index in [9.17, 15) is 15.3 Å². The number of allylic oxidation sites excluding steroid dienone is 2. The Hall–Kier alpha value is -1.64. The predicted molar refractivity (Wildman–Crippen MR) is 57.2 cm³/mol. The fraction of sp³-hybridized carbons (Fsp3) is 0.333. The number of aromatic hydroxyl groups is 3. The number of hydrogen-bond donors (Lipinski definition) is 3. The van der Waals surface area contributed by atoms with Gasteiger partial charge in [0, 0.05) is 5.92 Å². The van der Waals surface area contributed by atoms with Crippen LogP contribution in [0.2, 0.25) is 0 Å². The van der Waals surface area contributed by atoms with Crippen molar-refractivity contribution in [2.75, 3.05) is 0 Å². The van der Waals surface area contributed by atoms with Crippen LogP contribution in [0.5, 0.6) is 17.2 Å². The standard InChI is InChI=1S/C12H14O3/c13-10-6-9(7-11(14)12(10)15)8-4-2-1-3-5-8/h2,4,6-8,13-15H,1,3,5H2. The highest BCUT2D eigenvalue weighted by Gasteiger charge is 2.15. The van der Waals surface area contributed by atoms with E-state index < -0.39 is 5.75 Å². The van der Waals surface area contributed by atoms with Gasteiger partial charge in [-0.15, -0.1) is 0 Å². The molecule has 0 aromatic heterocycles. The molecule has 1 aromatic rings. The minimum atomic E-state index is -0.446. The number of hydrogen-bond acceptors (Lipinski definition) is 3. The van der Waals surface area contributed by atoms with Gasteiger partial charge in [0.15, 0.2) is 17.2 Å². The summed E-state index contributed by atoms with van der Waals surface area (Å²) in [5, 5.41) is 28.0. The van der Waals surface area contributed by atoms with Gasteiger partial charge in [-0.05, 0) is 37.0 Å². The molecule has 1 aliphatic carbocycles. The summed E-state index contributed by atoms with van der Waals surface area (Å²) < 4.78 is 0. The number of benzene rings is 1. The normalized spacial score (nSPS) is 20.4. The van der Waals surface area contributed by atoms with E-state index in [4.69, 9.17) is 0 Å². The molecule has 0 saturated carbocycles. The fourth-order valence-corrected chi connectivity index (χ4v) is 1.93. The van der Waals surface area contributed by atoms with Gasteiger partial charge in [0.2, 0.25) is 0 Å². The maximum absolute atomic E-state index is 9.38. The van der Waals surface area contributed by atoms with Crippen molar-refractivity contribution in [3.05, 3.63) is 29.8 Å². The lowest BCUT2D eigenvalue weighted by molar-refractivity contribution is 0.366. The average molecular weight is 206 g/mol. The summed E-state index contributed by atoms with van der Waals surface area (Å²) in [6, 6.07) is 3.02. The first-order valence-electron chi connectivity index (χ1n) is 5.10. The molecular weight excluding hydrogens is 192 g/mol. The van der Waals surface area contributed by atoms with Gasteiger partial charge in [0.25, 0.3) is 0 Å². The van der Waals surface area contributed by atoms with Crippen LogP contribution in [0.3, 0.4) is 0 Å². The van der Waals surface area contributed by atoms with Crippen molar-refractivity contribution in [2.24, 2.45) is 0 Å². The van der Waals surface area contributed by atoms with Crippen molar-refractivity contribution in [1.82, 2.24) is 0 Å². The van der Waals surface area contributed by atoms with Gasteiger partial charge in [-0.1, -0.05) is 12.2 Å². The van der Waals surface area contributed by atoms with Gasteiger partial charge in [-0.3, -0.25) is 0 Å². The van der Waals surface area contributed by atoms with Crippen LogP contribution in [0.1, 0.15) is 30.7 Å². The van der Waals surface area contributed by atoms with Crippen LogP contribution < -0.4 is 0 Å². The summed E-state index contributed by atoms with van der Waals surface area (Å²) in [7, 11) is 0. The lowest BCUT2D eigenvalue weighted by Gasteiger charge is -2.17. The zero-order chi connectivity index (χ0) is 10.8. The van der Waals surface area contributed by atoms with Crippen LogP contribution in [-0.4, -0.2) is 15.3 Å². The molecule has 3 nitrogen and oxygen atoms in total. The third-order valence-electron chi connectivity index (χ3n) is 2.77. The van der Waals surface area contributed by atoms with E-state index in [1.165, 1.54) is 12.1 Å². The van der Waals surface area contributed by atoms with E-state index in [2.05, 4.69) is 12.2 Å². The van der Waals surface area contributed by atoms with Crippen molar-refractivity contribution < 1.29 is 15.3 Å². The Kier molecular flexibility index (Phi) is 2.54. The SMILES string of the molecule is Oc1cc(C2C=CCCC2)cc(O)c1O. The van der Waals surface area contributed by atoms with Crippen LogP contribution in [0.15, 0.2) is 24.3 Å². The van der Waals surface area contributed by atoms with Crippen molar-refractivity contribution in [3.8, 4) is 17.2 Å². The Labute approximate surface area is 88.3 Å². The van der Waals surface area contributed by atoms with Crippen LogP contribution in [0.25, 0.3) is 0 Å². The molecule has 0 aliphatic heterocycles. The minimum Gasteiger partial charge on any atom is -0.504 e. The Balaban J connectivity index is 2.36. The zero-order valence-electron chi connectivity index (χ0n) is 8.35. The third-order valence-corrected chi connectivity index (χ3v) is 2.77. The Morgan fingerprint density at radius 3 is 2.27 bits per heavy atom. The third kappa shape index (κ3) is 1.91. The summed E-state index contributed by atoms with van der Waals surface area (Å²) in [6.45, 7) is 0. The van der Waals surface area contributed by atoms with Gasteiger partial charge in [0.05, 0.1) is 0 Å². The van der Waals surface area contributed by atoms with Gasteiger partial charge in [0.1, 0.15) is 0 Å². The molecule has 3 heteroatoms. The van der Waals surface area contributed by atoms with Crippen molar-refractivity contribution in [2.45, 2.75) is 25.2 Å². The van der Waals surface area contributed by atoms with Gasteiger partial charge < -0.3 is 15.3 Å². The first kappa shape index (κ1) is 9.90. The molecule has 0 amide bonds. The number of phenolic OH excluding ortho intramolecular Hbond substituents is 3. The second kappa shape index (κ2) is 3.85. The van der Waals surface area contributed by atoms with Crippen LogP contribution in [0, 0.1) is 0 Å². The molecule has 1 aliphatic rings. The molecule has 1 unspecified atom stereocenters. The Morgan fingerprint density at radius 2 is 1.73 bits per heavy atom. The quantitative estimate of drug-likeness (QED) is 0.489. The molecule has 3 N–H and O–H groups in total. The Morgan fingerprint density at radius 1 is 1.07 bits per heavy atom. The molecule has 0 bridgehead atoms. The molecule has 0 fully saturated rings. The molecule has 1 atom stereocenters. The first-order valence-corrected chi connectivity index (χ1v) is 5.10. The van der Waals surface area contributed by atoms with Crippen molar-refractivity contribution in [1.29, 1.82) is 0 Å². The van der Waals surface area contributed by atoms with E-state index in [1.54, 1.807) is 0 Å². The smallest absolute Gasteiger partial charge is 0.200 e. The molecule has 0 saturated heterocycles. The van der Waals surface area contributed by atoms with Gasteiger partial charge in [-0.25, -0.2) is 0 Å². The van der Waals surface area contributed by atoms with E-state index >= 15 is 0 Å². The van der Waals surface area contributed by atoms with Gasteiger partial charge >= 0.3 is 0 Å². The highest BCUT2D eigenvalue weighted by molar-refractivity contribution is 5.52. The number of phenols is 3. The minimum absolute atomic E-state index is 0.233. The van der Waals surface area contributed by atoms with Crippen LogP contribution >= 0.6 is 0 Å². The second-order valence-corrected chi connectivity index (χ2v) is 3.87. The molecule has 0 radical (unpaired) electrons. The lowest BCUT2D eigenvalue weighted by Crippen LogP contribution is -1.98. The molecule has 0 heterocycles.